The molecule has 1 rings (SSSR count). The zero-order chi connectivity index (χ0) is 13.5. The van der Waals surface area contributed by atoms with E-state index in [0.717, 1.165) is 11.3 Å². The molecule has 0 saturated carbocycles. The molecule has 2 N–H and O–H groups in total. The molecule has 0 aliphatic heterocycles. The maximum atomic E-state index is 6.12. The minimum atomic E-state index is 0.521. The monoisotopic (exact) mass is 268 g/mol. The van der Waals surface area contributed by atoms with Crippen molar-refractivity contribution in [3.8, 4) is 11.5 Å². The SMILES string of the molecule is C=CN/C=C(\NC)c1cc(Cl)c(OC)cc1OC. The van der Waals surface area contributed by atoms with E-state index in [-0.39, 0.29) is 0 Å². The summed E-state index contributed by atoms with van der Waals surface area (Å²) in [7, 11) is 4.98. The van der Waals surface area contributed by atoms with Crippen molar-refractivity contribution < 1.29 is 9.47 Å². The quantitative estimate of drug-likeness (QED) is 0.832. The van der Waals surface area contributed by atoms with Crippen LogP contribution >= 0.6 is 11.6 Å². The molecule has 0 fully saturated rings. The minimum absolute atomic E-state index is 0.521. The number of rotatable bonds is 6. The Labute approximate surface area is 112 Å². The second-order valence-corrected chi connectivity index (χ2v) is 3.77. The molecule has 0 aromatic heterocycles. The van der Waals surface area contributed by atoms with E-state index in [1.165, 1.54) is 0 Å². The van der Waals surface area contributed by atoms with Crippen molar-refractivity contribution in [2.75, 3.05) is 21.3 Å². The first-order chi connectivity index (χ1) is 8.67. The smallest absolute Gasteiger partial charge is 0.141 e. The van der Waals surface area contributed by atoms with Crippen LogP contribution in [0.2, 0.25) is 5.02 Å². The fourth-order valence-electron chi connectivity index (χ4n) is 1.50. The molecule has 0 aliphatic rings. The van der Waals surface area contributed by atoms with E-state index in [4.69, 9.17) is 21.1 Å². The topological polar surface area (TPSA) is 42.5 Å². The zero-order valence-corrected chi connectivity index (χ0v) is 11.5. The standard InChI is InChI=1S/C13H17ClN2O2/c1-5-16-8-11(15-2)9-6-10(14)13(18-4)7-12(9)17-3/h5-8,15-16H,1H2,2-4H3/b11-8-. The molecule has 0 unspecified atom stereocenters. The number of halogens is 1. The minimum Gasteiger partial charge on any atom is -0.496 e. The van der Waals surface area contributed by atoms with Crippen molar-refractivity contribution in [3.63, 3.8) is 0 Å². The highest BCUT2D eigenvalue weighted by Crippen LogP contribution is 2.35. The Morgan fingerprint density at radius 3 is 2.44 bits per heavy atom. The van der Waals surface area contributed by atoms with Crippen LogP contribution in [-0.4, -0.2) is 21.3 Å². The molecule has 0 aliphatic carbocycles. The van der Waals surface area contributed by atoms with Gasteiger partial charge in [0.25, 0.3) is 0 Å². The summed E-state index contributed by atoms with van der Waals surface area (Å²) in [4.78, 5) is 0. The Balaban J connectivity index is 3.29. The van der Waals surface area contributed by atoms with Crippen molar-refractivity contribution in [1.82, 2.24) is 10.6 Å². The summed E-state index contributed by atoms with van der Waals surface area (Å²) in [6, 6.07) is 3.53. The molecule has 4 nitrogen and oxygen atoms in total. The Morgan fingerprint density at radius 1 is 1.28 bits per heavy atom. The second-order valence-electron chi connectivity index (χ2n) is 3.37. The van der Waals surface area contributed by atoms with Gasteiger partial charge in [0.1, 0.15) is 11.5 Å². The molecule has 0 radical (unpaired) electrons. The summed E-state index contributed by atoms with van der Waals surface area (Å²) in [5.41, 5.74) is 1.66. The van der Waals surface area contributed by atoms with E-state index in [1.54, 1.807) is 38.8 Å². The number of benzene rings is 1. The van der Waals surface area contributed by atoms with Gasteiger partial charge in [0.2, 0.25) is 0 Å². The summed E-state index contributed by atoms with van der Waals surface area (Å²) < 4.78 is 10.5. The van der Waals surface area contributed by atoms with Crippen LogP contribution in [0, 0.1) is 0 Å². The molecule has 0 spiro atoms. The van der Waals surface area contributed by atoms with E-state index in [1.807, 2.05) is 7.05 Å². The fourth-order valence-corrected chi connectivity index (χ4v) is 1.74. The summed E-state index contributed by atoms with van der Waals surface area (Å²) in [5.74, 6) is 1.24. The zero-order valence-electron chi connectivity index (χ0n) is 10.7. The van der Waals surface area contributed by atoms with Gasteiger partial charge in [0, 0.05) is 24.9 Å². The molecular formula is C13H17ClN2O2. The average molecular weight is 269 g/mol. The van der Waals surface area contributed by atoms with Crippen molar-refractivity contribution in [1.29, 1.82) is 0 Å². The van der Waals surface area contributed by atoms with Crippen LogP contribution < -0.4 is 20.1 Å². The van der Waals surface area contributed by atoms with Gasteiger partial charge in [0.15, 0.2) is 0 Å². The molecule has 1 aromatic rings. The third kappa shape index (κ3) is 3.11. The van der Waals surface area contributed by atoms with Crippen molar-refractivity contribution in [3.05, 3.63) is 41.7 Å². The highest BCUT2D eigenvalue weighted by Gasteiger charge is 2.12. The number of nitrogens with one attached hydrogen (secondary N) is 2. The number of hydrogen-bond donors (Lipinski definition) is 2. The van der Waals surface area contributed by atoms with Crippen molar-refractivity contribution >= 4 is 17.3 Å². The molecule has 0 amide bonds. The normalized spacial score (nSPS) is 10.8. The maximum absolute atomic E-state index is 6.12. The van der Waals surface area contributed by atoms with Crippen molar-refractivity contribution in [2.24, 2.45) is 0 Å². The van der Waals surface area contributed by atoms with Gasteiger partial charge in [0.05, 0.1) is 24.9 Å². The lowest BCUT2D eigenvalue weighted by molar-refractivity contribution is 0.393. The predicted molar refractivity (Wildman–Crippen MR) is 74.9 cm³/mol. The second kappa shape index (κ2) is 6.81. The van der Waals surface area contributed by atoms with Gasteiger partial charge in [-0.15, -0.1) is 0 Å². The van der Waals surface area contributed by atoms with E-state index in [2.05, 4.69) is 17.2 Å². The highest BCUT2D eigenvalue weighted by atomic mass is 35.5. The van der Waals surface area contributed by atoms with Crippen molar-refractivity contribution in [2.45, 2.75) is 0 Å². The summed E-state index contributed by atoms with van der Waals surface area (Å²) in [6.07, 6.45) is 3.35. The predicted octanol–water partition coefficient (Wildman–Crippen LogP) is 2.61. The molecule has 0 heterocycles. The Morgan fingerprint density at radius 2 is 1.94 bits per heavy atom. The number of ether oxygens (including phenoxy) is 2. The molecular weight excluding hydrogens is 252 g/mol. The molecule has 0 saturated heterocycles. The first-order valence-corrected chi connectivity index (χ1v) is 5.72. The maximum Gasteiger partial charge on any atom is 0.141 e. The Hall–Kier alpha value is -1.81. The van der Waals surface area contributed by atoms with Gasteiger partial charge in [-0.1, -0.05) is 18.2 Å². The lowest BCUT2D eigenvalue weighted by Crippen LogP contribution is -2.09. The third-order valence-electron chi connectivity index (χ3n) is 2.38. The van der Waals surface area contributed by atoms with Crippen LogP contribution in [-0.2, 0) is 0 Å². The average Bonchev–Trinajstić information content (AvgIpc) is 2.40. The van der Waals surface area contributed by atoms with E-state index in [9.17, 15) is 0 Å². The van der Waals surface area contributed by atoms with Crippen LogP contribution in [0.5, 0.6) is 11.5 Å². The summed E-state index contributed by atoms with van der Waals surface area (Å²) >= 11 is 6.12. The first kappa shape index (κ1) is 14.3. The van der Waals surface area contributed by atoms with Crippen LogP contribution in [0.4, 0.5) is 0 Å². The molecule has 0 atom stereocenters. The van der Waals surface area contributed by atoms with Gasteiger partial charge in [-0.05, 0) is 12.3 Å². The molecule has 5 heteroatoms. The first-order valence-electron chi connectivity index (χ1n) is 5.34. The van der Waals surface area contributed by atoms with Crippen LogP contribution in [0.1, 0.15) is 5.56 Å². The van der Waals surface area contributed by atoms with Crippen LogP contribution in [0.3, 0.4) is 0 Å². The van der Waals surface area contributed by atoms with Crippen LogP contribution in [0.15, 0.2) is 31.1 Å². The number of methoxy groups -OCH3 is 2. The van der Waals surface area contributed by atoms with Gasteiger partial charge in [-0.2, -0.15) is 0 Å². The fraction of sp³-hybridized carbons (Fsp3) is 0.231. The van der Waals surface area contributed by atoms with Gasteiger partial charge >= 0.3 is 0 Å². The lowest BCUT2D eigenvalue weighted by Gasteiger charge is -2.14. The molecule has 18 heavy (non-hydrogen) atoms. The Bertz CT molecular complexity index is 459. The number of hydrogen-bond acceptors (Lipinski definition) is 4. The molecule has 0 bridgehead atoms. The van der Waals surface area contributed by atoms with Gasteiger partial charge in [-0.3, -0.25) is 0 Å². The van der Waals surface area contributed by atoms with Crippen LogP contribution in [0.25, 0.3) is 5.70 Å². The van der Waals surface area contributed by atoms with E-state index in [0.29, 0.717) is 16.5 Å². The largest absolute Gasteiger partial charge is 0.496 e. The third-order valence-corrected chi connectivity index (χ3v) is 2.67. The van der Waals surface area contributed by atoms with E-state index >= 15 is 0 Å². The Kier molecular flexibility index (Phi) is 5.39. The lowest BCUT2D eigenvalue weighted by atomic mass is 10.1. The van der Waals surface area contributed by atoms with E-state index < -0.39 is 0 Å². The molecule has 98 valence electrons. The highest BCUT2D eigenvalue weighted by molar-refractivity contribution is 6.32. The summed E-state index contributed by atoms with van der Waals surface area (Å²) in [6.45, 7) is 3.59. The van der Waals surface area contributed by atoms with Gasteiger partial charge < -0.3 is 20.1 Å². The summed E-state index contributed by atoms with van der Waals surface area (Å²) in [5, 5.41) is 6.49. The molecule has 1 aromatic carbocycles. The van der Waals surface area contributed by atoms with Gasteiger partial charge in [-0.25, -0.2) is 0 Å².